The predicted octanol–water partition coefficient (Wildman–Crippen LogP) is 3.21. The van der Waals surface area contributed by atoms with Crippen molar-refractivity contribution in [3.8, 4) is 11.1 Å². The number of aryl methyl sites for hydroxylation is 2. The Kier molecular flexibility index (Phi) is 4.03. The van der Waals surface area contributed by atoms with Crippen LogP contribution in [-0.4, -0.2) is 9.78 Å². The molecule has 0 radical (unpaired) electrons. The number of benzene rings is 1. The number of hydrogen-bond acceptors (Lipinski definition) is 1. The maximum Gasteiger partial charge on any atom is 0.274 e. The van der Waals surface area contributed by atoms with Crippen molar-refractivity contribution in [3.05, 3.63) is 46.4 Å². The maximum absolute atomic E-state index is 12.3. The van der Waals surface area contributed by atoms with Crippen LogP contribution in [0, 0.1) is 0 Å². The molecule has 1 N–H and O–H groups in total. The molecule has 3 heteroatoms. The minimum atomic E-state index is 0.0924. The molecule has 96 valence electrons. The topological polar surface area (TPSA) is 37.8 Å². The van der Waals surface area contributed by atoms with Crippen molar-refractivity contribution in [2.45, 2.75) is 39.7 Å². The van der Waals surface area contributed by atoms with E-state index in [4.69, 9.17) is 0 Å². The van der Waals surface area contributed by atoms with Gasteiger partial charge < -0.3 is 0 Å². The molecule has 1 heterocycles. The first-order valence-corrected chi connectivity index (χ1v) is 6.65. The van der Waals surface area contributed by atoms with Crippen molar-refractivity contribution in [1.82, 2.24) is 9.78 Å². The van der Waals surface area contributed by atoms with Crippen LogP contribution in [0.1, 0.15) is 32.4 Å². The van der Waals surface area contributed by atoms with E-state index in [-0.39, 0.29) is 5.56 Å². The zero-order chi connectivity index (χ0) is 13.0. The highest BCUT2D eigenvalue weighted by Gasteiger charge is 2.14. The summed E-state index contributed by atoms with van der Waals surface area (Å²) < 4.78 is 1.69. The molecule has 0 aliphatic carbocycles. The van der Waals surface area contributed by atoms with E-state index < -0.39 is 0 Å². The Bertz CT molecular complexity index is 552. The lowest BCUT2D eigenvalue weighted by atomic mass is 10.0. The molecule has 0 fully saturated rings. The Hall–Kier alpha value is -1.77. The highest BCUT2D eigenvalue weighted by Crippen LogP contribution is 2.20. The number of aromatic amines is 1. The second kappa shape index (κ2) is 5.71. The van der Waals surface area contributed by atoms with Gasteiger partial charge in [-0.15, -0.1) is 0 Å². The first kappa shape index (κ1) is 12.7. The summed E-state index contributed by atoms with van der Waals surface area (Å²) in [7, 11) is 0. The first-order chi connectivity index (χ1) is 8.77. The molecule has 0 bridgehead atoms. The van der Waals surface area contributed by atoms with Crippen molar-refractivity contribution in [2.24, 2.45) is 0 Å². The number of aromatic nitrogens is 2. The maximum atomic E-state index is 12.3. The lowest BCUT2D eigenvalue weighted by molar-refractivity contribution is 0.622. The van der Waals surface area contributed by atoms with Gasteiger partial charge in [0.25, 0.3) is 5.56 Å². The van der Waals surface area contributed by atoms with Crippen LogP contribution in [0.4, 0.5) is 0 Å². The summed E-state index contributed by atoms with van der Waals surface area (Å²) in [4.78, 5) is 12.3. The Morgan fingerprint density at radius 1 is 1.17 bits per heavy atom. The van der Waals surface area contributed by atoms with E-state index in [2.05, 4.69) is 12.0 Å². The summed E-state index contributed by atoms with van der Waals surface area (Å²) in [5.41, 5.74) is 3.01. The summed E-state index contributed by atoms with van der Waals surface area (Å²) in [5.74, 6) is 0. The molecule has 1 aromatic carbocycles. The molecular formula is C15H20N2O. The lowest BCUT2D eigenvalue weighted by Gasteiger charge is -2.01. The fourth-order valence-corrected chi connectivity index (χ4v) is 2.19. The SMILES string of the molecule is CCCCc1[nH]n(CC)c(=O)c1-c1ccccc1. The minimum absolute atomic E-state index is 0.0924. The first-order valence-electron chi connectivity index (χ1n) is 6.65. The molecule has 0 unspecified atom stereocenters. The Labute approximate surface area is 107 Å². The highest BCUT2D eigenvalue weighted by atomic mass is 16.1. The molecule has 0 aliphatic heterocycles. The Morgan fingerprint density at radius 2 is 1.89 bits per heavy atom. The molecule has 2 rings (SSSR count). The minimum Gasteiger partial charge on any atom is -0.299 e. The summed E-state index contributed by atoms with van der Waals surface area (Å²) >= 11 is 0. The van der Waals surface area contributed by atoms with E-state index in [1.54, 1.807) is 4.68 Å². The highest BCUT2D eigenvalue weighted by molar-refractivity contribution is 5.65. The zero-order valence-electron chi connectivity index (χ0n) is 11.1. The molecule has 0 aliphatic rings. The van der Waals surface area contributed by atoms with E-state index in [1.807, 2.05) is 37.3 Å². The largest absolute Gasteiger partial charge is 0.299 e. The monoisotopic (exact) mass is 244 g/mol. The van der Waals surface area contributed by atoms with Gasteiger partial charge in [0.1, 0.15) is 0 Å². The molecule has 3 nitrogen and oxygen atoms in total. The van der Waals surface area contributed by atoms with Crippen LogP contribution < -0.4 is 5.56 Å². The summed E-state index contributed by atoms with van der Waals surface area (Å²) in [6.07, 6.45) is 3.17. The van der Waals surface area contributed by atoms with Gasteiger partial charge in [-0.3, -0.25) is 14.6 Å². The molecular weight excluding hydrogens is 224 g/mol. The lowest BCUT2D eigenvalue weighted by Crippen LogP contribution is -2.16. The molecule has 18 heavy (non-hydrogen) atoms. The summed E-state index contributed by atoms with van der Waals surface area (Å²) in [6.45, 7) is 4.83. The van der Waals surface area contributed by atoms with Crippen molar-refractivity contribution < 1.29 is 0 Å². The van der Waals surface area contributed by atoms with Gasteiger partial charge in [0.05, 0.1) is 5.56 Å². The van der Waals surface area contributed by atoms with Crippen LogP contribution >= 0.6 is 0 Å². The van der Waals surface area contributed by atoms with Gasteiger partial charge in [-0.05, 0) is 25.3 Å². The van der Waals surface area contributed by atoms with Crippen LogP contribution in [0.5, 0.6) is 0 Å². The molecule has 0 spiro atoms. The van der Waals surface area contributed by atoms with Crippen LogP contribution in [0.25, 0.3) is 11.1 Å². The van der Waals surface area contributed by atoms with Crippen LogP contribution in [0.3, 0.4) is 0 Å². The van der Waals surface area contributed by atoms with Crippen molar-refractivity contribution in [1.29, 1.82) is 0 Å². The third-order valence-electron chi connectivity index (χ3n) is 3.19. The predicted molar refractivity (Wildman–Crippen MR) is 74.8 cm³/mol. The number of nitrogens with one attached hydrogen (secondary N) is 1. The standard InChI is InChI=1S/C15H20N2O/c1-3-5-11-13-14(12-9-7-6-8-10-12)15(18)17(4-2)16-13/h6-10,16H,3-5,11H2,1-2H3. The van der Waals surface area contributed by atoms with Crippen molar-refractivity contribution in [3.63, 3.8) is 0 Å². The van der Waals surface area contributed by atoms with E-state index >= 15 is 0 Å². The van der Waals surface area contributed by atoms with Gasteiger partial charge in [0, 0.05) is 12.2 Å². The summed E-state index contributed by atoms with van der Waals surface area (Å²) in [6, 6.07) is 9.92. The normalized spacial score (nSPS) is 10.8. The summed E-state index contributed by atoms with van der Waals surface area (Å²) in [5, 5.41) is 3.24. The average molecular weight is 244 g/mol. The van der Waals surface area contributed by atoms with E-state index in [9.17, 15) is 4.79 Å². The van der Waals surface area contributed by atoms with E-state index in [1.165, 1.54) is 0 Å². The Balaban J connectivity index is 2.50. The van der Waals surface area contributed by atoms with Gasteiger partial charge >= 0.3 is 0 Å². The number of H-pyrrole nitrogens is 1. The third-order valence-corrected chi connectivity index (χ3v) is 3.19. The fraction of sp³-hybridized carbons (Fsp3) is 0.400. The van der Waals surface area contributed by atoms with Crippen molar-refractivity contribution in [2.75, 3.05) is 0 Å². The number of rotatable bonds is 5. The fourth-order valence-electron chi connectivity index (χ4n) is 2.19. The number of nitrogens with zero attached hydrogens (tertiary/aromatic N) is 1. The zero-order valence-corrected chi connectivity index (χ0v) is 11.1. The van der Waals surface area contributed by atoms with Gasteiger partial charge in [-0.2, -0.15) is 0 Å². The van der Waals surface area contributed by atoms with E-state index in [0.717, 1.165) is 36.1 Å². The number of hydrogen-bond donors (Lipinski definition) is 1. The van der Waals surface area contributed by atoms with Gasteiger partial charge in [0.2, 0.25) is 0 Å². The quantitative estimate of drug-likeness (QED) is 0.861. The van der Waals surface area contributed by atoms with Gasteiger partial charge in [-0.1, -0.05) is 43.7 Å². The molecule has 0 saturated carbocycles. The van der Waals surface area contributed by atoms with Crippen LogP contribution in [0.2, 0.25) is 0 Å². The molecule has 0 saturated heterocycles. The Morgan fingerprint density at radius 3 is 2.50 bits per heavy atom. The third kappa shape index (κ3) is 2.40. The second-order valence-corrected chi connectivity index (χ2v) is 4.48. The average Bonchev–Trinajstić information content (AvgIpc) is 2.73. The van der Waals surface area contributed by atoms with E-state index in [0.29, 0.717) is 6.54 Å². The second-order valence-electron chi connectivity index (χ2n) is 4.48. The van der Waals surface area contributed by atoms with Crippen LogP contribution in [0.15, 0.2) is 35.1 Å². The van der Waals surface area contributed by atoms with Gasteiger partial charge in [0.15, 0.2) is 0 Å². The van der Waals surface area contributed by atoms with Crippen molar-refractivity contribution >= 4 is 0 Å². The van der Waals surface area contributed by atoms with Crippen LogP contribution in [-0.2, 0) is 13.0 Å². The number of unbranched alkanes of at least 4 members (excludes halogenated alkanes) is 1. The molecule has 1 aromatic heterocycles. The smallest absolute Gasteiger partial charge is 0.274 e. The van der Waals surface area contributed by atoms with Gasteiger partial charge in [-0.25, -0.2) is 0 Å². The molecule has 0 atom stereocenters. The molecule has 0 amide bonds. The molecule has 2 aromatic rings.